The van der Waals surface area contributed by atoms with Gasteiger partial charge in [0.2, 0.25) is 0 Å². The van der Waals surface area contributed by atoms with Gasteiger partial charge in [-0.1, -0.05) is 50.2 Å². The number of rotatable bonds is 6. The quantitative estimate of drug-likeness (QED) is 0.348. The zero-order valence-corrected chi connectivity index (χ0v) is 18.7. The number of benzene rings is 2. The van der Waals surface area contributed by atoms with Gasteiger partial charge in [-0.25, -0.2) is 4.98 Å². The van der Waals surface area contributed by atoms with Gasteiger partial charge in [0.1, 0.15) is 17.3 Å². The summed E-state index contributed by atoms with van der Waals surface area (Å²) in [5, 5.41) is 0. The predicted molar refractivity (Wildman–Crippen MR) is 128 cm³/mol. The van der Waals surface area contributed by atoms with Gasteiger partial charge in [0.15, 0.2) is 0 Å². The monoisotopic (exact) mass is 423 g/mol. The largest absolute Gasteiger partial charge is 0.456 e. The highest BCUT2D eigenvalue weighted by molar-refractivity contribution is 5.62. The lowest BCUT2D eigenvalue weighted by Gasteiger charge is -2.23. The van der Waals surface area contributed by atoms with E-state index in [1.807, 2.05) is 24.3 Å². The van der Waals surface area contributed by atoms with Gasteiger partial charge < -0.3 is 9.30 Å². The van der Waals surface area contributed by atoms with E-state index in [9.17, 15) is 0 Å². The summed E-state index contributed by atoms with van der Waals surface area (Å²) >= 11 is 0. The van der Waals surface area contributed by atoms with E-state index in [4.69, 9.17) is 9.72 Å². The van der Waals surface area contributed by atoms with Crippen molar-refractivity contribution in [3.63, 3.8) is 0 Å². The SMILES string of the molecule is CC1CCn2c(cnc2-c2ccccc2CC(C)c2ccc(Oc3cccnc3)cc2)C1. The van der Waals surface area contributed by atoms with E-state index in [1.165, 1.54) is 28.8 Å². The third kappa shape index (κ3) is 4.31. The van der Waals surface area contributed by atoms with E-state index >= 15 is 0 Å². The number of nitrogens with zero attached hydrogens (tertiary/aromatic N) is 3. The highest BCUT2D eigenvalue weighted by Crippen LogP contribution is 2.32. The van der Waals surface area contributed by atoms with Gasteiger partial charge in [-0.3, -0.25) is 4.98 Å². The minimum atomic E-state index is 0.388. The Morgan fingerprint density at radius 2 is 1.84 bits per heavy atom. The molecule has 4 heteroatoms. The zero-order chi connectivity index (χ0) is 21.9. The standard InChI is InChI=1S/C28H29N3O/c1-20-13-15-31-24(16-20)18-30-28(31)27-8-4-3-6-23(27)17-21(2)22-9-11-25(12-10-22)32-26-7-5-14-29-19-26/h3-12,14,18-21H,13,15-17H2,1-2H3. The van der Waals surface area contributed by atoms with E-state index in [-0.39, 0.29) is 0 Å². The molecular formula is C28H29N3O. The molecule has 2 aromatic carbocycles. The molecule has 0 saturated carbocycles. The molecule has 5 rings (SSSR count). The van der Waals surface area contributed by atoms with E-state index in [1.54, 1.807) is 12.4 Å². The van der Waals surface area contributed by atoms with Gasteiger partial charge in [-0.2, -0.15) is 0 Å². The van der Waals surface area contributed by atoms with Crippen molar-refractivity contribution < 1.29 is 4.74 Å². The van der Waals surface area contributed by atoms with Gasteiger partial charge in [-0.15, -0.1) is 0 Å². The fourth-order valence-electron chi connectivity index (χ4n) is 4.62. The summed E-state index contributed by atoms with van der Waals surface area (Å²) in [5.74, 6) is 3.83. The van der Waals surface area contributed by atoms with Crippen molar-refractivity contribution >= 4 is 0 Å². The lowest BCUT2D eigenvalue weighted by Crippen LogP contribution is -2.17. The summed E-state index contributed by atoms with van der Waals surface area (Å²) in [6, 6.07) is 20.9. The van der Waals surface area contributed by atoms with Crippen LogP contribution in [0.1, 0.15) is 43.0 Å². The Morgan fingerprint density at radius 3 is 2.66 bits per heavy atom. The average molecular weight is 424 g/mol. The minimum absolute atomic E-state index is 0.388. The summed E-state index contributed by atoms with van der Waals surface area (Å²) in [5.41, 5.74) is 5.28. The molecule has 4 aromatic rings. The molecule has 1 aliphatic heterocycles. The molecule has 0 amide bonds. The first-order valence-electron chi connectivity index (χ1n) is 11.5. The number of fused-ring (bicyclic) bond motifs is 1. The van der Waals surface area contributed by atoms with Crippen molar-refractivity contribution in [2.75, 3.05) is 0 Å². The molecule has 2 atom stereocenters. The van der Waals surface area contributed by atoms with Crippen LogP contribution in [-0.2, 0) is 19.4 Å². The van der Waals surface area contributed by atoms with Crippen molar-refractivity contribution in [2.45, 2.75) is 45.6 Å². The number of pyridine rings is 1. The first kappa shape index (κ1) is 20.5. The Morgan fingerprint density at radius 1 is 1.00 bits per heavy atom. The Labute approximate surface area is 189 Å². The van der Waals surface area contributed by atoms with Crippen molar-refractivity contribution in [3.8, 4) is 22.9 Å². The lowest BCUT2D eigenvalue weighted by molar-refractivity contribution is 0.419. The molecule has 0 fully saturated rings. The number of ether oxygens (including phenoxy) is 1. The summed E-state index contributed by atoms with van der Waals surface area (Å²) in [6.07, 6.45) is 8.86. The molecular weight excluding hydrogens is 394 g/mol. The minimum Gasteiger partial charge on any atom is -0.456 e. The average Bonchev–Trinajstić information content (AvgIpc) is 3.23. The maximum absolute atomic E-state index is 5.89. The Kier molecular flexibility index (Phi) is 5.76. The first-order chi connectivity index (χ1) is 15.7. The molecule has 2 unspecified atom stereocenters. The van der Waals surface area contributed by atoms with Crippen LogP contribution in [0.25, 0.3) is 11.4 Å². The molecule has 32 heavy (non-hydrogen) atoms. The normalized spacial score (nSPS) is 16.4. The Bertz CT molecular complexity index is 1180. The summed E-state index contributed by atoms with van der Waals surface area (Å²) in [4.78, 5) is 8.94. The van der Waals surface area contributed by atoms with E-state index in [0.717, 1.165) is 42.6 Å². The van der Waals surface area contributed by atoms with Crippen LogP contribution in [0.15, 0.2) is 79.3 Å². The van der Waals surface area contributed by atoms with E-state index < -0.39 is 0 Å². The molecule has 0 spiro atoms. The van der Waals surface area contributed by atoms with Crippen LogP contribution in [0, 0.1) is 5.92 Å². The maximum Gasteiger partial charge on any atom is 0.145 e. The van der Waals surface area contributed by atoms with Gasteiger partial charge >= 0.3 is 0 Å². The maximum atomic E-state index is 5.89. The number of hydrogen-bond acceptors (Lipinski definition) is 3. The molecule has 0 saturated heterocycles. The van der Waals surface area contributed by atoms with Crippen LogP contribution < -0.4 is 4.74 Å². The van der Waals surface area contributed by atoms with Crippen LogP contribution in [0.4, 0.5) is 0 Å². The lowest BCUT2D eigenvalue weighted by atomic mass is 9.91. The second kappa shape index (κ2) is 8.99. The molecule has 0 bridgehead atoms. The second-order valence-corrected chi connectivity index (χ2v) is 8.94. The van der Waals surface area contributed by atoms with Crippen LogP contribution in [0.2, 0.25) is 0 Å². The van der Waals surface area contributed by atoms with Gasteiger partial charge in [0.25, 0.3) is 0 Å². The fraction of sp³-hybridized carbons (Fsp3) is 0.286. The Hall–Kier alpha value is -3.40. The molecule has 2 aromatic heterocycles. The molecule has 4 nitrogen and oxygen atoms in total. The van der Waals surface area contributed by atoms with Crippen LogP contribution in [-0.4, -0.2) is 14.5 Å². The van der Waals surface area contributed by atoms with E-state index in [0.29, 0.717) is 5.92 Å². The highest BCUT2D eigenvalue weighted by atomic mass is 16.5. The molecule has 3 heterocycles. The van der Waals surface area contributed by atoms with Crippen molar-refractivity contribution in [2.24, 2.45) is 5.92 Å². The molecule has 0 N–H and O–H groups in total. The third-order valence-electron chi connectivity index (χ3n) is 6.44. The second-order valence-electron chi connectivity index (χ2n) is 8.94. The van der Waals surface area contributed by atoms with Crippen molar-refractivity contribution in [1.29, 1.82) is 0 Å². The van der Waals surface area contributed by atoms with Gasteiger partial charge in [0.05, 0.1) is 6.20 Å². The van der Waals surface area contributed by atoms with Gasteiger partial charge in [-0.05, 0) is 66.5 Å². The molecule has 0 aliphatic carbocycles. The van der Waals surface area contributed by atoms with E-state index in [2.05, 4.69) is 66.0 Å². The highest BCUT2D eigenvalue weighted by Gasteiger charge is 2.21. The van der Waals surface area contributed by atoms with Crippen LogP contribution >= 0.6 is 0 Å². The summed E-state index contributed by atoms with van der Waals surface area (Å²) < 4.78 is 8.31. The topological polar surface area (TPSA) is 39.9 Å². The van der Waals surface area contributed by atoms with Crippen molar-refractivity contribution in [3.05, 3.63) is 96.1 Å². The molecule has 162 valence electrons. The number of imidazole rings is 1. The van der Waals surface area contributed by atoms with Crippen LogP contribution in [0.5, 0.6) is 11.5 Å². The number of aromatic nitrogens is 3. The molecule has 1 aliphatic rings. The smallest absolute Gasteiger partial charge is 0.145 e. The number of hydrogen-bond donors (Lipinski definition) is 0. The van der Waals surface area contributed by atoms with Crippen molar-refractivity contribution in [1.82, 2.24) is 14.5 Å². The first-order valence-corrected chi connectivity index (χ1v) is 11.5. The Balaban J connectivity index is 1.34. The van der Waals surface area contributed by atoms with Gasteiger partial charge in [0, 0.05) is 30.2 Å². The fourth-order valence-corrected chi connectivity index (χ4v) is 4.62. The summed E-state index contributed by atoms with van der Waals surface area (Å²) in [7, 11) is 0. The predicted octanol–water partition coefficient (Wildman–Crippen LogP) is 6.67. The zero-order valence-electron chi connectivity index (χ0n) is 18.7. The third-order valence-corrected chi connectivity index (χ3v) is 6.44. The van der Waals surface area contributed by atoms with Crippen LogP contribution in [0.3, 0.4) is 0 Å². The molecule has 0 radical (unpaired) electrons. The summed E-state index contributed by atoms with van der Waals surface area (Å²) in [6.45, 7) is 5.68.